The predicted molar refractivity (Wildman–Crippen MR) is 180 cm³/mol. The fourth-order valence-corrected chi connectivity index (χ4v) is 4.90. The lowest BCUT2D eigenvalue weighted by Crippen LogP contribution is -2.59. The van der Waals surface area contributed by atoms with Crippen molar-refractivity contribution >= 4 is 17.9 Å². The predicted octanol–water partition coefficient (Wildman–Crippen LogP) is 6.06. The van der Waals surface area contributed by atoms with Gasteiger partial charge in [0.1, 0.15) is 6.61 Å². The van der Waals surface area contributed by atoms with Crippen LogP contribution < -0.4 is 11.3 Å². The Morgan fingerprint density at radius 1 is 0.696 bits per heavy atom. The number of hydrogen-bond acceptors (Lipinski definition) is 7. The van der Waals surface area contributed by atoms with E-state index in [2.05, 4.69) is 5.43 Å². The summed E-state index contributed by atoms with van der Waals surface area (Å²) in [6.45, 7) is 15.9. The van der Waals surface area contributed by atoms with Crippen molar-refractivity contribution in [1.29, 1.82) is 0 Å². The van der Waals surface area contributed by atoms with Gasteiger partial charge in [0.2, 0.25) is 0 Å². The van der Waals surface area contributed by atoms with E-state index in [1.165, 1.54) is 10.0 Å². The minimum atomic E-state index is -0.782. The highest BCUT2D eigenvalue weighted by Gasteiger charge is 2.34. The molecule has 3 N–H and O–H groups in total. The van der Waals surface area contributed by atoms with Crippen molar-refractivity contribution in [1.82, 2.24) is 15.4 Å². The second kappa shape index (κ2) is 16.9. The first-order chi connectivity index (χ1) is 21.5. The number of carbonyl (C=O) groups excluding carboxylic acids is 3. The number of benzene rings is 3. The molecular weight excluding hydrogens is 584 g/mol. The molecule has 3 amide bonds. The number of nitrogens with two attached hydrogens (primary N) is 1. The maximum absolute atomic E-state index is 13.2. The molecule has 0 radical (unpaired) electrons. The molecule has 3 aromatic carbocycles. The van der Waals surface area contributed by atoms with E-state index in [1.54, 1.807) is 26.4 Å². The Balaban J connectivity index is 0.000000353. The standard InChI is InChI=1S/C22H28N2O4.C14H22N2O2/c1-16-11-17(2)13-19(12-16)20(25)24(22(3,4)15-27-5)23-21(26)28-14-18-9-7-6-8-10-18;1-10-6-11(2)8-12(7-10)13(17)16(15)14(3,4)9-18-5/h6-13H,14-15H2,1-5H3,(H,23,26);6-8H,9,15H2,1-5H3. The molecule has 10 nitrogen and oxygen atoms in total. The first-order valence-corrected chi connectivity index (χ1v) is 15.1. The molecule has 10 heteroatoms. The van der Waals surface area contributed by atoms with Gasteiger partial charge in [0.15, 0.2) is 0 Å². The van der Waals surface area contributed by atoms with Crippen LogP contribution in [-0.2, 0) is 20.8 Å². The van der Waals surface area contributed by atoms with Gasteiger partial charge in [-0.15, -0.1) is 0 Å². The summed E-state index contributed by atoms with van der Waals surface area (Å²) in [5, 5.41) is 2.52. The van der Waals surface area contributed by atoms with Crippen LogP contribution in [0.25, 0.3) is 0 Å². The molecule has 0 bridgehead atoms. The van der Waals surface area contributed by atoms with Crippen molar-refractivity contribution in [3.8, 4) is 0 Å². The molecule has 3 aromatic rings. The van der Waals surface area contributed by atoms with Crippen LogP contribution in [0.1, 0.15) is 76.2 Å². The monoisotopic (exact) mass is 634 g/mol. The lowest BCUT2D eigenvalue weighted by atomic mass is 10.0. The van der Waals surface area contributed by atoms with E-state index in [4.69, 9.17) is 20.1 Å². The molecule has 0 aromatic heterocycles. The summed E-state index contributed by atoms with van der Waals surface area (Å²) in [7, 11) is 3.14. The van der Waals surface area contributed by atoms with Crippen LogP contribution in [0.2, 0.25) is 0 Å². The molecule has 250 valence electrons. The van der Waals surface area contributed by atoms with Gasteiger partial charge in [-0.05, 0) is 85.2 Å². The van der Waals surface area contributed by atoms with Gasteiger partial charge in [0.25, 0.3) is 11.8 Å². The lowest BCUT2D eigenvalue weighted by molar-refractivity contribution is 0.00166. The van der Waals surface area contributed by atoms with Crippen molar-refractivity contribution in [2.75, 3.05) is 27.4 Å². The molecule has 0 saturated carbocycles. The quantitative estimate of drug-likeness (QED) is 0.158. The second-order valence-corrected chi connectivity index (χ2v) is 12.7. The van der Waals surface area contributed by atoms with Crippen LogP contribution in [0, 0.1) is 27.7 Å². The average molecular weight is 635 g/mol. The SMILES string of the molecule is COCC(C)(C)N(N)C(=O)c1cc(C)cc(C)c1.COCC(C)(C)N(NC(=O)OCc1ccccc1)C(=O)c1cc(C)cc(C)c1. The van der Waals surface area contributed by atoms with E-state index in [0.717, 1.165) is 27.8 Å². The van der Waals surface area contributed by atoms with Crippen molar-refractivity contribution < 1.29 is 28.6 Å². The van der Waals surface area contributed by atoms with Gasteiger partial charge in [-0.25, -0.2) is 21.1 Å². The molecule has 3 rings (SSSR count). The van der Waals surface area contributed by atoms with E-state index in [9.17, 15) is 14.4 Å². The minimum absolute atomic E-state index is 0.114. The molecule has 0 heterocycles. The van der Waals surface area contributed by atoms with Crippen LogP contribution in [0.15, 0.2) is 66.7 Å². The number of amides is 3. The summed E-state index contributed by atoms with van der Waals surface area (Å²) in [4.78, 5) is 37.9. The third-order valence-electron chi connectivity index (χ3n) is 7.03. The minimum Gasteiger partial charge on any atom is -0.443 e. The molecule has 0 aliphatic heterocycles. The summed E-state index contributed by atoms with van der Waals surface area (Å²) in [5.74, 6) is 5.40. The van der Waals surface area contributed by atoms with Crippen molar-refractivity contribution in [2.45, 2.75) is 73.1 Å². The molecule has 0 atom stereocenters. The Bertz CT molecular complexity index is 1430. The van der Waals surface area contributed by atoms with Crippen LogP contribution >= 0.6 is 0 Å². The number of ether oxygens (including phenoxy) is 3. The second-order valence-electron chi connectivity index (χ2n) is 12.7. The lowest BCUT2D eigenvalue weighted by Gasteiger charge is -2.37. The van der Waals surface area contributed by atoms with E-state index in [1.807, 2.05) is 110 Å². The van der Waals surface area contributed by atoms with Gasteiger partial charge >= 0.3 is 6.09 Å². The maximum atomic E-state index is 13.2. The van der Waals surface area contributed by atoms with Gasteiger partial charge in [-0.3, -0.25) is 14.6 Å². The fraction of sp³-hybridized carbons (Fsp3) is 0.417. The number of nitrogens with one attached hydrogen (secondary N) is 1. The van der Waals surface area contributed by atoms with Crippen molar-refractivity contribution in [3.63, 3.8) is 0 Å². The van der Waals surface area contributed by atoms with Gasteiger partial charge in [-0.1, -0.05) is 64.7 Å². The summed E-state index contributed by atoms with van der Waals surface area (Å²) in [5.41, 5.74) is 7.28. The average Bonchev–Trinajstić information content (AvgIpc) is 2.97. The summed E-state index contributed by atoms with van der Waals surface area (Å²) in [6.07, 6.45) is -0.703. The van der Waals surface area contributed by atoms with Crippen LogP contribution in [0.3, 0.4) is 0 Å². The molecule has 0 unspecified atom stereocenters. The van der Waals surface area contributed by atoms with Crippen LogP contribution in [0.5, 0.6) is 0 Å². The normalized spacial score (nSPS) is 11.2. The highest BCUT2D eigenvalue weighted by atomic mass is 16.6. The number of methoxy groups -OCH3 is 2. The zero-order valence-corrected chi connectivity index (χ0v) is 28.9. The number of hydrogen-bond donors (Lipinski definition) is 2. The Morgan fingerprint density at radius 3 is 1.59 bits per heavy atom. The highest BCUT2D eigenvalue weighted by molar-refractivity contribution is 5.96. The van der Waals surface area contributed by atoms with E-state index >= 15 is 0 Å². The first-order valence-electron chi connectivity index (χ1n) is 15.1. The number of hydrazine groups is 2. The molecular formula is C36H50N4O6. The van der Waals surface area contributed by atoms with Gasteiger partial charge in [0.05, 0.1) is 24.3 Å². The smallest absolute Gasteiger partial charge is 0.426 e. The molecule has 0 aliphatic rings. The molecule has 0 fully saturated rings. The summed E-state index contributed by atoms with van der Waals surface area (Å²) < 4.78 is 15.6. The fourth-order valence-electron chi connectivity index (χ4n) is 4.90. The van der Waals surface area contributed by atoms with E-state index < -0.39 is 17.2 Å². The number of nitrogens with zero attached hydrogens (tertiary/aromatic N) is 2. The maximum Gasteiger partial charge on any atom is 0.426 e. The zero-order valence-electron chi connectivity index (χ0n) is 28.9. The summed E-state index contributed by atoms with van der Waals surface area (Å²) >= 11 is 0. The van der Waals surface area contributed by atoms with E-state index in [-0.39, 0.29) is 25.0 Å². The zero-order chi connectivity index (χ0) is 34.7. The summed E-state index contributed by atoms with van der Waals surface area (Å²) in [6, 6.07) is 20.6. The molecule has 0 aliphatic carbocycles. The van der Waals surface area contributed by atoms with Crippen molar-refractivity contribution in [2.24, 2.45) is 5.84 Å². The third kappa shape index (κ3) is 11.3. The Kier molecular flexibility index (Phi) is 13.9. The van der Waals surface area contributed by atoms with E-state index in [0.29, 0.717) is 17.7 Å². The Hall–Kier alpha value is -4.25. The number of carbonyl (C=O) groups is 3. The number of aryl methyl sites for hydroxylation is 4. The third-order valence-corrected chi connectivity index (χ3v) is 7.03. The Morgan fingerprint density at radius 2 is 1.13 bits per heavy atom. The Labute approximate surface area is 273 Å². The molecule has 46 heavy (non-hydrogen) atoms. The van der Waals surface area contributed by atoms with Crippen molar-refractivity contribution in [3.05, 3.63) is 106 Å². The van der Waals surface area contributed by atoms with Crippen LogP contribution in [-0.4, -0.2) is 66.4 Å². The largest absolute Gasteiger partial charge is 0.443 e. The molecule has 0 saturated heterocycles. The molecule has 0 spiro atoms. The highest BCUT2D eigenvalue weighted by Crippen LogP contribution is 2.19. The topological polar surface area (TPSA) is 123 Å². The van der Waals surface area contributed by atoms with Crippen LogP contribution in [0.4, 0.5) is 4.79 Å². The van der Waals surface area contributed by atoms with Gasteiger partial charge < -0.3 is 14.2 Å². The van der Waals surface area contributed by atoms with Gasteiger partial charge in [-0.2, -0.15) is 0 Å². The number of rotatable bonds is 10. The first kappa shape index (κ1) is 37.9. The van der Waals surface area contributed by atoms with Gasteiger partial charge in [0, 0.05) is 25.3 Å².